The summed E-state index contributed by atoms with van der Waals surface area (Å²) in [6.45, 7) is 6.89. The predicted octanol–water partition coefficient (Wildman–Crippen LogP) is 3.27. The van der Waals surface area contributed by atoms with Gasteiger partial charge in [-0.15, -0.1) is 0 Å². The minimum atomic E-state index is -3.84. The minimum absolute atomic E-state index is 0.0335. The summed E-state index contributed by atoms with van der Waals surface area (Å²) in [5.41, 5.74) is 0.139. The number of anilines is 3. The van der Waals surface area contributed by atoms with E-state index in [9.17, 15) is 13.5 Å². The molecule has 0 aliphatic heterocycles. The van der Waals surface area contributed by atoms with Gasteiger partial charge in [0, 0.05) is 16.4 Å². The van der Waals surface area contributed by atoms with Crippen LogP contribution in [0.5, 0.6) is 0 Å². The van der Waals surface area contributed by atoms with Crippen LogP contribution < -0.4 is 15.8 Å². The van der Waals surface area contributed by atoms with E-state index < -0.39 is 15.6 Å². The second kappa shape index (κ2) is 8.00. The van der Waals surface area contributed by atoms with Crippen molar-refractivity contribution in [2.45, 2.75) is 44.2 Å². The molecule has 1 aromatic carbocycles. The van der Waals surface area contributed by atoms with Gasteiger partial charge in [-0.05, 0) is 77.3 Å². The Hall–Kier alpha value is -1.27. The van der Waals surface area contributed by atoms with Gasteiger partial charge in [0.2, 0.25) is 16.0 Å². The molecular weight excluding hydrogens is 502 g/mol. The van der Waals surface area contributed by atoms with Crippen molar-refractivity contribution in [3.8, 4) is 0 Å². The Morgan fingerprint density at radius 3 is 2.41 bits per heavy atom. The van der Waals surface area contributed by atoms with Gasteiger partial charge >= 0.3 is 0 Å². The molecule has 0 saturated carbocycles. The number of rotatable bonds is 6. The molecule has 1 atom stereocenters. The molecule has 1 aromatic heterocycles. The molecule has 0 aliphatic rings. The third-order valence-electron chi connectivity index (χ3n) is 3.93. The molecule has 0 radical (unpaired) electrons. The molecule has 1 heterocycles. The molecular formula is C16H21Br2N5O3S. The highest BCUT2D eigenvalue weighted by atomic mass is 79.9. The van der Waals surface area contributed by atoms with E-state index in [4.69, 9.17) is 5.14 Å². The van der Waals surface area contributed by atoms with Crippen LogP contribution in [0.25, 0.3) is 0 Å². The quantitative estimate of drug-likeness (QED) is 0.458. The molecule has 0 spiro atoms. The number of hydrogen-bond donors (Lipinski definition) is 4. The van der Waals surface area contributed by atoms with Gasteiger partial charge in [-0.3, -0.25) is 0 Å². The van der Waals surface area contributed by atoms with E-state index in [1.807, 2.05) is 6.92 Å². The molecule has 11 heteroatoms. The Balaban J connectivity index is 2.32. The lowest BCUT2D eigenvalue weighted by atomic mass is 10.0. The van der Waals surface area contributed by atoms with Gasteiger partial charge in [-0.25, -0.2) is 18.5 Å². The van der Waals surface area contributed by atoms with E-state index in [0.29, 0.717) is 32.0 Å². The van der Waals surface area contributed by atoms with Crippen LogP contribution in [0.1, 0.15) is 26.3 Å². The van der Waals surface area contributed by atoms with Gasteiger partial charge in [0.1, 0.15) is 5.82 Å². The lowest BCUT2D eigenvalue weighted by Crippen LogP contribution is -2.39. The third kappa shape index (κ3) is 5.61. The maximum atomic E-state index is 11.7. The number of halogens is 2. The number of nitrogens with two attached hydrogens (primary N) is 1. The molecule has 27 heavy (non-hydrogen) atoms. The summed E-state index contributed by atoms with van der Waals surface area (Å²) in [7, 11) is -3.84. The van der Waals surface area contributed by atoms with Gasteiger partial charge in [0.05, 0.1) is 21.0 Å². The van der Waals surface area contributed by atoms with E-state index in [1.54, 1.807) is 39.1 Å². The number of aromatic nitrogens is 2. The number of primary sulfonamides is 1. The lowest BCUT2D eigenvalue weighted by molar-refractivity contribution is 0.0647. The minimum Gasteiger partial charge on any atom is -0.388 e. The average Bonchev–Trinajstić information content (AvgIpc) is 2.47. The Labute approximate surface area is 175 Å². The van der Waals surface area contributed by atoms with E-state index in [-0.39, 0.29) is 10.9 Å². The van der Waals surface area contributed by atoms with Crippen molar-refractivity contribution in [3.05, 3.63) is 32.8 Å². The summed E-state index contributed by atoms with van der Waals surface area (Å²) in [6.07, 6.45) is 1.58. The molecule has 148 valence electrons. The highest BCUT2D eigenvalue weighted by Crippen LogP contribution is 2.30. The third-order valence-corrected chi connectivity index (χ3v) is 6.51. The molecule has 0 saturated heterocycles. The zero-order valence-electron chi connectivity index (χ0n) is 15.2. The normalized spacial score (nSPS) is 13.3. The van der Waals surface area contributed by atoms with E-state index in [2.05, 4.69) is 52.5 Å². The molecule has 0 bridgehead atoms. The van der Waals surface area contributed by atoms with Crippen LogP contribution in [0.2, 0.25) is 0 Å². The summed E-state index contributed by atoms with van der Waals surface area (Å²) in [5, 5.41) is 21.5. The van der Waals surface area contributed by atoms with Gasteiger partial charge < -0.3 is 15.7 Å². The zero-order chi connectivity index (χ0) is 20.6. The number of sulfonamides is 1. The smallest absolute Gasteiger partial charge is 0.239 e. The predicted molar refractivity (Wildman–Crippen MR) is 113 cm³/mol. The monoisotopic (exact) mass is 521 g/mol. The van der Waals surface area contributed by atoms with Crippen LogP contribution in [-0.2, 0) is 10.0 Å². The standard InChI is InChI=1S/C16H21Br2N5O3S/c1-8-5-10(6-11(17)13(8)27(19,25)26)22-15-20-7-12(18)14(23-15)21-9(2)16(3,4)24/h5-7,9,24H,1-4H3,(H2,19,25,26)(H2,20,21,22,23)/t9-/m1/s1. The molecule has 0 unspecified atom stereocenters. The first-order valence-electron chi connectivity index (χ1n) is 7.90. The Bertz CT molecular complexity index is 938. The highest BCUT2D eigenvalue weighted by molar-refractivity contribution is 9.10. The van der Waals surface area contributed by atoms with E-state index in [1.165, 1.54) is 0 Å². The Morgan fingerprint density at radius 2 is 1.89 bits per heavy atom. The first kappa shape index (κ1) is 22.0. The molecule has 0 fully saturated rings. The Kier molecular flexibility index (Phi) is 6.52. The fraction of sp³-hybridized carbons (Fsp3) is 0.375. The van der Waals surface area contributed by atoms with Gasteiger partial charge in [0.15, 0.2) is 0 Å². The maximum absolute atomic E-state index is 11.7. The van der Waals surface area contributed by atoms with Gasteiger partial charge in [-0.2, -0.15) is 4.98 Å². The van der Waals surface area contributed by atoms with Crippen LogP contribution in [0.15, 0.2) is 32.2 Å². The lowest BCUT2D eigenvalue weighted by Gasteiger charge is -2.27. The molecule has 5 N–H and O–H groups in total. The van der Waals surface area contributed by atoms with Crippen molar-refractivity contribution < 1.29 is 13.5 Å². The number of hydrogen-bond acceptors (Lipinski definition) is 7. The number of benzene rings is 1. The van der Waals surface area contributed by atoms with Crippen LogP contribution in [0.3, 0.4) is 0 Å². The summed E-state index contributed by atoms with van der Waals surface area (Å²) in [6, 6.07) is 2.97. The second-order valence-corrected chi connectivity index (χ2v) is 9.89. The SMILES string of the molecule is Cc1cc(Nc2ncc(Br)c(N[C@H](C)C(C)(C)O)n2)cc(Br)c1S(N)(=O)=O. The van der Waals surface area contributed by atoms with Gasteiger partial charge in [0.25, 0.3) is 0 Å². The molecule has 2 aromatic rings. The van der Waals surface area contributed by atoms with Crippen LogP contribution >= 0.6 is 31.9 Å². The van der Waals surface area contributed by atoms with Crippen molar-refractivity contribution >= 4 is 59.3 Å². The average molecular weight is 523 g/mol. The summed E-state index contributed by atoms with van der Waals surface area (Å²) < 4.78 is 24.3. The summed E-state index contributed by atoms with van der Waals surface area (Å²) >= 11 is 6.62. The molecule has 0 aliphatic carbocycles. The summed E-state index contributed by atoms with van der Waals surface area (Å²) in [4.78, 5) is 8.64. The van der Waals surface area contributed by atoms with E-state index in [0.717, 1.165) is 0 Å². The number of aliphatic hydroxyl groups is 1. The van der Waals surface area contributed by atoms with Crippen LogP contribution in [0.4, 0.5) is 17.5 Å². The van der Waals surface area contributed by atoms with Crippen molar-refractivity contribution in [1.29, 1.82) is 0 Å². The first-order valence-corrected chi connectivity index (χ1v) is 11.0. The first-order chi connectivity index (χ1) is 12.3. The van der Waals surface area contributed by atoms with Crippen molar-refractivity contribution in [1.82, 2.24) is 9.97 Å². The molecule has 8 nitrogen and oxygen atoms in total. The largest absolute Gasteiger partial charge is 0.388 e. The molecule has 0 amide bonds. The summed E-state index contributed by atoms with van der Waals surface area (Å²) in [5.74, 6) is 0.817. The second-order valence-electron chi connectivity index (χ2n) is 6.68. The zero-order valence-corrected chi connectivity index (χ0v) is 19.2. The van der Waals surface area contributed by atoms with Crippen molar-refractivity contribution in [2.75, 3.05) is 10.6 Å². The van der Waals surface area contributed by atoms with Crippen LogP contribution in [0, 0.1) is 6.92 Å². The number of nitrogens with zero attached hydrogens (tertiary/aromatic N) is 2. The maximum Gasteiger partial charge on any atom is 0.239 e. The van der Waals surface area contributed by atoms with E-state index >= 15 is 0 Å². The Morgan fingerprint density at radius 1 is 1.26 bits per heavy atom. The topological polar surface area (TPSA) is 130 Å². The number of aryl methyl sites for hydroxylation is 1. The van der Waals surface area contributed by atoms with Gasteiger partial charge in [-0.1, -0.05) is 0 Å². The number of nitrogens with one attached hydrogen (secondary N) is 2. The van der Waals surface area contributed by atoms with Crippen LogP contribution in [-0.4, -0.2) is 35.1 Å². The fourth-order valence-corrected chi connectivity index (χ4v) is 4.58. The highest BCUT2D eigenvalue weighted by Gasteiger charge is 2.23. The van der Waals surface area contributed by atoms with Crippen molar-refractivity contribution in [3.63, 3.8) is 0 Å². The fourth-order valence-electron chi connectivity index (χ4n) is 2.20. The molecule has 2 rings (SSSR count). The van der Waals surface area contributed by atoms with Crippen molar-refractivity contribution in [2.24, 2.45) is 5.14 Å².